The van der Waals surface area contributed by atoms with Gasteiger partial charge in [-0.1, -0.05) is 60.7 Å². The molecule has 2 heterocycles. The molecule has 0 bridgehead atoms. The van der Waals surface area contributed by atoms with Crippen molar-refractivity contribution in [1.82, 2.24) is 9.88 Å². The van der Waals surface area contributed by atoms with Crippen molar-refractivity contribution in [2.75, 3.05) is 33.1 Å². The second-order valence-electron chi connectivity index (χ2n) is 9.90. The van der Waals surface area contributed by atoms with Gasteiger partial charge in [-0.05, 0) is 36.2 Å². The predicted octanol–water partition coefficient (Wildman–Crippen LogP) is 5.27. The highest BCUT2D eigenvalue weighted by Crippen LogP contribution is 2.47. The first-order chi connectivity index (χ1) is 20.0. The Hall–Kier alpha value is -4.01. The van der Waals surface area contributed by atoms with Crippen LogP contribution in [0, 0.1) is 0 Å². The smallest absolute Gasteiger partial charge is 0.343 e. The minimum Gasteiger partial charge on any atom is -0.497 e. The summed E-state index contributed by atoms with van der Waals surface area (Å²) in [6.07, 6.45) is 1.64. The van der Waals surface area contributed by atoms with Crippen LogP contribution in [-0.2, 0) is 23.2 Å². The van der Waals surface area contributed by atoms with Gasteiger partial charge in [0.2, 0.25) is 5.43 Å². The van der Waals surface area contributed by atoms with Crippen molar-refractivity contribution in [3.8, 4) is 11.5 Å². The molecule has 8 heteroatoms. The number of benzene rings is 3. The molecule has 1 atom stereocenters. The number of para-hydroxylation sites is 1. The molecule has 3 aromatic carbocycles. The van der Waals surface area contributed by atoms with E-state index in [1.807, 2.05) is 71.3 Å². The maximum absolute atomic E-state index is 14.2. The van der Waals surface area contributed by atoms with E-state index in [0.29, 0.717) is 31.0 Å². The van der Waals surface area contributed by atoms with Crippen molar-refractivity contribution in [3.05, 3.63) is 123 Å². The summed E-state index contributed by atoms with van der Waals surface area (Å²) in [5.41, 5.74) is 2.72. The maximum Gasteiger partial charge on any atom is 0.343 e. The minimum absolute atomic E-state index is 0.0314. The van der Waals surface area contributed by atoms with E-state index in [9.17, 15) is 9.59 Å². The second kappa shape index (κ2) is 12.7. The molecule has 1 unspecified atom stereocenters. The number of rotatable bonds is 11. The monoisotopic (exact) mass is 570 g/mol. The number of pyridine rings is 1. The summed E-state index contributed by atoms with van der Waals surface area (Å²) in [6.45, 7) is 3.50. The first-order valence-corrected chi connectivity index (χ1v) is 14.6. The first kappa shape index (κ1) is 28.5. The van der Waals surface area contributed by atoms with Crippen LogP contribution in [-0.4, -0.2) is 43.7 Å². The van der Waals surface area contributed by atoms with Gasteiger partial charge in [0.15, 0.2) is 0 Å². The van der Waals surface area contributed by atoms with Crippen LogP contribution in [0.4, 0.5) is 0 Å². The van der Waals surface area contributed by atoms with E-state index in [-0.39, 0.29) is 17.6 Å². The number of esters is 1. The van der Waals surface area contributed by atoms with Gasteiger partial charge in [0, 0.05) is 41.6 Å². The topological polar surface area (TPSA) is 78.8 Å². The van der Waals surface area contributed by atoms with E-state index in [0.717, 1.165) is 33.2 Å². The Morgan fingerprint density at radius 1 is 0.976 bits per heavy atom. The number of hydrogen-bond donors (Lipinski definition) is 1. The quantitative estimate of drug-likeness (QED) is 0.246. The van der Waals surface area contributed by atoms with Crippen LogP contribution in [0.1, 0.15) is 39.5 Å². The van der Waals surface area contributed by atoms with Crippen molar-refractivity contribution < 1.29 is 19.0 Å². The van der Waals surface area contributed by atoms with Gasteiger partial charge in [-0.2, -0.15) is 0 Å². The SMILES string of the molecule is CCOC(=O)c1cn(Cc2ccccc2OC)c2c(c1=O)C(CNCc1ccccc1)(c1ccc(OC)cc1)CS2. The van der Waals surface area contributed by atoms with Gasteiger partial charge in [0.05, 0.1) is 32.4 Å². The van der Waals surface area contributed by atoms with Gasteiger partial charge >= 0.3 is 5.97 Å². The van der Waals surface area contributed by atoms with E-state index in [4.69, 9.17) is 14.2 Å². The zero-order valence-electron chi connectivity index (χ0n) is 23.5. The maximum atomic E-state index is 14.2. The van der Waals surface area contributed by atoms with Gasteiger partial charge < -0.3 is 24.1 Å². The molecule has 1 aliphatic rings. The molecule has 0 radical (unpaired) electrons. The average molecular weight is 571 g/mol. The zero-order chi connectivity index (χ0) is 28.8. The molecule has 41 heavy (non-hydrogen) atoms. The fourth-order valence-corrected chi connectivity index (χ4v) is 6.89. The molecular weight excluding hydrogens is 536 g/mol. The largest absolute Gasteiger partial charge is 0.497 e. The number of fused-ring (bicyclic) bond motifs is 1. The van der Waals surface area contributed by atoms with Crippen molar-refractivity contribution in [3.63, 3.8) is 0 Å². The second-order valence-corrected chi connectivity index (χ2v) is 10.9. The Labute approximate surface area is 244 Å². The molecule has 7 nitrogen and oxygen atoms in total. The van der Waals surface area contributed by atoms with Gasteiger partial charge in [-0.25, -0.2) is 4.79 Å². The van der Waals surface area contributed by atoms with Crippen molar-refractivity contribution >= 4 is 17.7 Å². The van der Waals surface area contributed by atoms with Gasteiger partial charge in [-0.3, -0.25) is 4.79 Å². The van der Waals surface area contributed by atoms with Crippen LogP contribution in [0.2, 0.25) is 0 Å². The standard InChI is InChI=1S/C33H34N2O5S/c1-4-40-32(37)27-20-35(19-24-12-8-9-13-28(24)39-3)31-29(30(27)36)33(22-41-31,25-14-16-26(38-2)17-15-25)21-34-18-23-10-6-5-7-11-23/h5-17,20,34H,4,18-19,21-22H2,1-3H3. The summed E-state index contributed by atoms with van der Waals surface area (Å²) >= 11 is 1.63. The Bertz CT molecular complexity index is 1570. The van der Waals surface area contributed by atoms with E-state index >= 15 is 0 Å². The molecule has 212 valence electrons. The molecule has 0 saturated heterocycles. The van der Waals surface area contributed by atoms with Crippen LogP contribution in [0.3, 0.4) is 0 Å². The van der Waals surface area contributed by atoms with Gasteiger partial charge in [0.1, 0.15) is 17.1 Å². The summed E-state index contributed by atoms with van der Waals surface area (Å²) in [6, 6.07) is 25.8. The predicted molar refractivity (Wildman–Crippen MR) is 161 cm³/mol. The number of nitrogens with zero attached hydrogens (tertiary/aromatic N) is 1. The van der Waals surface area contributed by atoms with E-state index in [1.165, 1.54) is 0 Å². The number of aromatic nitrogens is 1. The lowest BCUT2D eigenvalue weighted by Gasteiger charge is -2.31. The summed E-state index contributed by atoms with van der Waals surface area (Å²) in [4.78, 5) is 27.4. The first-order valence-electron chi connectivity index (χ1n) is 13.6. The van der Waals surface area contributed by atoms with Gasteiger partial charge in [-0.15, -0.1) is 11.8 Å². The Kier molecular flexibility index (Phi) is 8.81. The number of carbonyl (C=O) groups excluding carboxylic acids is 1. The summed E-state index contributed by atoms with van der Waals surface area (Å²) in [7, 11) is 3.27. The van der Waals surface area contributed by atoms with Crippen LogP contribution < -0.4 is 20.2 Å². The molecule has 0 saturated carbocycles. The number of ether oxygens (including phenoxy) is 3. The fraction of sp³-hybridized carbons (Fsp3) is 0.273. The molecule has 0 spiro atoms. The summed E-state index contributed by atoms with van der Waals surface area (Å²) < 4.78 is 18.4. The third-order valence-electron chi connectivity index (χ3n) is 7.44. The van der Waals surface area contributed by atoms with E-state index in [2.05, 4.69) is 17.4 Å². The zero-order valence-corrected chi connectivity index (χ0v) is 24.3. The highest BCUT2D eigenvalue weighted by molar-refractivity contribution is 7.99. The lowest BCUT2D eigenvalue weighted by atomic mass is 9.76. The molecule has 1 N–H and O–H groups in total. The van der Waals surface area contributed by atoms with Gasteiger partial charge in [0.25, 0.3) is 0 Å². The molecule has 0 fully saturated rings. The molecule has 0 aliphatic carbocycles. The third kappa shape index (κ3) is 5.76. The average Bonchev–Trinajstić information content (AvgIpc) is 3.40. The number of thioether (sulfide) groups is 1. The minimum atomic E-state index is -0.691. The number of hydrogen-bond acceptors (Lipinski definition) is 7. The van der Waals surface area contributed by atoms with Crippen molar-refractivity contribution in [2.45, 2.75) is 30.5 Å². The van der Waals surface area contributed by atoms with Crippen LogP contribution in [0.25, 0.3) is 0 Å². The molecule has 0 amide bonds. The van der Waals surface area contributed by atoms with Crippen LogP contribution in [0.15, 0.2) is 94.9 Å². The lowest BCUT2D eigenvalue weighted by molar-refractivity contribution is 0.0523. The van der Waals surface area contributed by atoms with Crippen molar-refractivity contribution in [1.29, 1.82) is 0 Å². The molecule has 4 aromatic rings. The van der Waals surface area contributed by atoms with Crippen LogP contribution in [0.5, 0.6) is 11.5 Å². The summed E-state index contributed by atoms with van der Waals surface area (Å²) in [5.74, 6) is 1.49. The normalized spacial score (nSPS) is 15.8. The van der Waals surface area contributed by atoms with Crippen molar-refractivity contribution in [2.24, 2.45) is 0 Å². The molecule has 5 rings (SSSR count). The molecule has 1 aromatic heterocycles. The fourth-order valence-electron chi connectivity index (χ4n) is 5.37. The van der Waals surface area contributed by atoms with E-state index < -0.39 is 11.4 Å². The third-order valence-corrected chi connectivity index (χ3v) is 8.78. The van der Waals surface area contributed by atoms with E-state index in [1.54, 1.807) is 39.1 Å². The Balaban J connectivity index is 1.66. The number of carbonyl (C=O) groups is 1. The molecule has 1 aliphatic heterocycles. The van der Waals surface area contributed by atoms with Crippen LogP contribution >= 0.6 is 11.8 Å². The number of nitrogens with one attached hydrogen (secondary N) is 1. The Morgan fingerprint density at radius 2 is 1.71 bits per heavy atom. The lowest BCUT2D eigenvalue weighted by Crippen LogP contribution is -2.43. The highest BCUT2D eigenvalue weighted by Gasteiger charge is 2.45. The summed E-state index contributed by atoms with van der Waals surface area (Å²) in [5, 5.41) is 4.45. The molecular formula is C33H34N2O5S. The number of methoxy groups -OCH3 is 2. The highest BCUT2D eigenvalue weighted by atomic mass is 32.2. The Morgan fingerprint density at radius 3 is 2.41 bits per heavy atom.